The molecule has 1 aromatic heterocycles. The summed E-state index contributed by atoms with van der Waals surface area (Å²) < 4.78 is 1.69. The SMILES string of the molecule is Cc1cc(C)c(C2C(=O)CC(CC3CCN(C(=O)c4cc(C(C)(C)C)nn4C)CC3)C2=O)c(C)c1. The number of aromatic nitrogens is 2. The normalized spacial score (nSPS) is 21.7. The number of Topliss-reactive ketones (excluding diaryl/α,β-unsaturated/α-hetero) is 2. The Kier molecular flexibility index (Phi) is 6.78. The number of hydrogen-bond donors (Lipinski definition) is 0. The summed E-state index contributed by atoms with van der Waals surface area (Å²) >= 11 is 0. The summed E-state index contributed by atoms with van der Waals surface area (Å²) in [6, 6.07) is 6.04. The molecule has 2 atom stereocenters. The van der Waals surface area contributed by atoms with Gasteiger partial charge in [-0.15, -0.1) is 0 Å². The molecule has 0 N–H and O–H groups in total. The van der Waals surface area contributed by atoms with Crippen molar-refractivity contribution >= 4 is 17.5 Å². The number of rotatable bonds is 4. The minimum Gasteiger partial charge on any atom is -0.337 e. The number of piperidine rings is 1. The number of benzene rings is 1. The summed E-state index contributed by atoms with van der Waals surface area (Å²) in [5.41, 5.74) is 5.56. The number of aryl methyl sites for hydroxylation is 4. The van der Waals surface area contributed by atoms with Crippen molar-refractivity contribution in [1.82, 2.24) is 14.7 Å². The van der Waals surface area contributed by atoms with E-state index >= 15 is 0 Å². The first-order valence-corrected chi connectivity index (χ1v) is 12.8. The zero-order valence-corrected chi connectivity index (χ0v) is 22.3. The van der Waals surface area contributed by atoms with Gasteiger partial charge in [0.05, 0.1) is 5.69 Å². The first-order chi connectivity index (χ1) is 16.4. The summed E-state index contributed by atoms with van der Waals surface area (Å²) in [6.45, 7) is 13.7. The zero-order valence-electron chi connectivity index (χ0n) is 22.3. The molecular formula is C29H39N3O3. The Morgan fingerprint density at radius 1 is 1.03 bits per heavy atom. The van der Waals surface area contributed by atoms with Crippen molar-refractivity contribution in [2.75, 3.05) is 13.1 Å². The minimum absolute atomic E-state index is 0.0199. The molecule has 1 aliphatic carbocycles. The van der Waals surface area contributed by atoms with Crippen LogP contribution in [0.4, 0.5) is 0 Å². The Balaban J connectivity index is 1.38. The molecule has 6 nitrogen and oxygen atoms in total. The van der Waals surface area contributed by atoms with E-state index in [0.717, 1.165) is 47.2 Å². The van der Waals surface area contributed by atoms with Crippen LogP contribution in [0.25, 0.3) is 0 Å². The highest BCUT2D eigenvalue weighted by Gasteiger charge is 2.44. The van der Waals surface area contributed by atoms with Crippen molar-refractivity contribution in [3.8, 4) is 0 Å². The van der Waals surface area contributed by atoms with E-state index in [0.29, 0.717) is 31.1 Å². The second-order valence-corrected chi connectivity index (χ2v) is 11.8. The number of ketones is 2. The Hall–Kier alpha value is -2.76. The summed E-state index contributed by atoms with van der Waals surface area (Å²) in [6.07, 6.45) is 2.81. The van der Waals surface area contributed by atoms with Crippen LogP contribution >= 0.6 is 0 Å². The number of nitrogens with zero attached hydrogens (tertiary/aromatic N) is 3. The fraction of sp³-hybridized carbons (Fsp3) is 0.586. The average molecular weight is 478 g/mol. The molecule has 1 aromatic carbocycles. The number of carbonyl (C=O) groups is 3. The third-order valence-corrected chi connectivity index (χ3v) is 7.87. The van der Waals surface area contributed by atoms with Crippen LogP contribution in [0.5, 0.6) is 0 Å². The summed E-state index contributed by atoms with van der Waals surface area (Å²) in [4.78, 5) is 41.4. The van der Waals surface area contributed by atoms with Gasteiger partial charge in [0.1, 0.15) is 17.4 Å². The lowest BCUT2D eigenvalue weighted by atomic mass is 9.83. The van der Waals surface area contributed by atoms with E-state index in [2.05, 4.69) is 38.0 Å². The van der Waals surface area contributed by atoms with Gasteiger partial charge in [-0.2, -0.15) is 5.10 Å². The van der Waals surface area contributed by atoms with Crippen molar-refractivity contribution in [2.45, 2.75) is 78.6 Å². The molecule has 0 spiro atoms. The van der Waals surface area contributed by atoms with Crippen LogP contribution in [-0.4, -0.2) is 45.2 Å². The molecule has 2 fully saturated rings. The molecule has 2 aliphatic rings. The van der Waals surface area contributed by atoms with Crippen LogP contribution in [0.15, 0.2) is 18.2 Å². The highest BCUT2D eigenvalue weighted by molar-refractivity contribution is 6.15. The lowest BCUT2D eigenvalue weighted by Gasteiger charge is -2.32. The maximum atomic E-state index is 13.4. The van der Waals surface area contributed by atoms with E-state index < -0.39 is 5.92 Å². The largest absolute Gasteiger partial charge is 0.337 e. The van der Waals surface area contributed by atoms with Gasteiger partial charge in [0.25, 0.3) is 5.91 Å². The van der Waals surface area contributed by atoms with E-state index in [1.807, 2.05) is 38.8 Å². The van der Waals surface area contributed by atoms with Crippen LogP contribution in [0.2, 0.25) is 0 Å². The predicted octanol–water partition coefficient (Wildman–Crippen LogP) is 4.83. The highest BCUT2D eigenvalue weighted by atomic mass is 16.2. The molecule has 4 rings (SSSR count). The van der Waals surface area contributed by atoms with Gasteiger partial charge in [-0.1, -0.05) is 38.5 Å². The van der Waals surface area contributed by atoms with Gasteiger partial charge in [-0.3, -0.25) is 19.1 Å². The molecule has 1 saturated carbocycles. The van der Waals surface area contributed by atoms with Crippen molar-refractivity contribution < 1.29 is 14.4 Å². The maximum Gasteiger partial charge on any atom is 0.272 e. The lowest BCUT2D eigenvalue weighted by molar-refractivity contribution is -0.125. The topological polar surface area (TPSA) is 72.3 Å². The third kappa shape index (κ3) is 4.98. The third-order valence-electron chi connectivity index (χ3n) is 7.87. The standard InChI is InChI=1S/C29H39N3O3/c1-17-12-18(2)25(19(3)13-17)26-23(33)15-21(27(26)34)14-20-8-10-32(11-9-20)28(35)22-16-24(29(4,5)6)30-31(22)7/h12-13,16,20-21,26H,8-11,14-15H2,1-7H3. The monoisotopic (exact) mass is 477 g/mol. The van der Waals surface area contributed by atoms with Gasteiger partial charge in [0.15, 0.2) is 5.78 Å². The second kappa shape index (κ2) is 9.36. The lowest BCUT2D eigenvalue weighted by Crippen LogP contribution is -2.39. The van der Waals surface area contributed by atoms with Gasteiger partial charge >= 0.3 is 0 Å². The Labute approximate surface area is 209 Å². The van der Waals surface area contributed by atoms with Crippen molar-refractivity contribution in [3.05, 3.63) is 51.8 Å². The zero-order chi connectivity index (χ0) is 25.7. The molecule has 2 heterocycles. The average Bonchev–Trinajstić information content (AvgIpc) is 3.28. The Bertz CT molecular complexity index is 1140. The van der Waals surface area contributed by atoms with E-state index in [9.17, 15) is 14.4 Å². The molecule has 188 valence electrons. The number of hydrogen-bond acceptors (Lipinski definition) is 4. The maximum absolute atomic E-state index is 13.4. The molecule has 0 radical (unpaired) electrons. The van der Waals surface area contributed by atoms with Crippen LogP contribution < -0.4 is 0 Å². The molecule has 1 saturated heterocycles. The summed E-state index contributed by atoms with van der Waals surface area (Å²) in [5.74, 6) is -0.278. The molecule has 6 heteroatoms. The quantitative estimate of drug-likeness (QED) is 0.592. The molecule has 0 bridgehead atoms. The van der Waals surface area contributed by atoms with Crippen molar-refractivity contribution in [3.63, 3.8) is 0 Å². The fourth-order valence-corrected chi connectivity index (χ4v) is 5.97. The Morgan fingerprint density at radius 2 is 1.63 bits per heavy atom. The van der Waals surface area contributed by atoms with Crippen molar-refractivity contribution in [2.24, 2.45) is 18.9 Å². The van der Waals surface area contributed by atoms with Crippen LogP contribution in [0.1, 0.15) is 90.8 Å². The molecule has 1 amide bonds. The van der Waals surface area contributed by atoms with Gasteiger partial charge in [-0.25, -0.2) is 0 Å². The molecule has 35 heavy (non-hydrogen) atoms. The smallest absolute Gasteiger partial charge is 0.272 e. The van der Waals surface area contributed by atoms with Crippen LogP contribution in [0, 0.1) is 32.6 Å². The van der Waals surface area contributed by atoms with E-state index in [4.69, 9.17) is 0 Å². The number of amides is 1. The Morgan fingerprint density at radius 3 is 2.17 bits per heavy atom. The van der Waals surface area contributed by atoms with Crippen LogP contribution in [-0.2, 0) is 22.1 Å². The molecule has 1 aliphatic heterocycles. The van der Waals surface area contributed by atoms with Crippen LogP contribution in [0.3, 0.4) is 0 Å². The number of likely N-dealkylation sites (tertiary alicyclic amines) is 1. The van der Waals surface area contributed by atoms with Gasteiger partial charge in [-0.05, 0) is 68.7 Å². The molecule has 2 aromatic rings. The second-order valence-electron chi connectivity index (χ2n) is 11.8. The van der Waals surface area contributed by atoms with E-state index in [1.165, 1.54) is 0 Å². The summed E-state index contributed by atoms with van der Waals surface area (Å²) in [7, 11) is 1.83. The van der Waals surface area contributed by atoms with Gasteiger partial charge in [0.2, 0.25) is 0 Å². The first kappa shape index (κ1) is 25.3. The van der Waals surface area contributed by atoms with E-state index in [-0.39, 0.29) is 28.8 Å². The summed E-state index contributed by atoms with van der Waals surface area (Å²) in [5, 5.41) is 4.55. The van der Waals surface area contributed by atoms with Crippen molar-refractivity contribution in [1.29, 1.82) is 0 Å². The van der Waals surface area contributed by atoms with Gasteiger partial charge in [0, 0.05) is 37.9 Å². The van der Waals surface area contributed by atoms with Gasteiger partial charge < -0.3 is 4.90 Å². The first-order valence-electron chi connectivity index (χ1n) is 12.8. The number of carbonyl (C=O) groups excluding carboxylic acids is 3. The molecular weight excluding hydrogens is 438 g/mol. The fourth-order valence-electron chi connectivity index (χ4n) is 5.97. The highest BCUT2D eigenvalue weighted by Crippen LogP contribution is 2.40. The minimum atomic E-state index is -0.607. The molecule has 2 unspecified atom stereocenters. The predicted molar refractivity (Wildman–Crippen MR) is 137 cm³/mol. The van der Waals surface area contributed by atoms with E-state index in [1.54, 1.807) is 4.68 Å².